The molecule has 0 amide bonds. The fraction of sp³-hybridized carbons (Fsp3) is 0.812. The SMILES string of the molecule is CCCCCCCCCCC(C)C(C(=O)O)C(=S)C(=O)O. The average molecular weight is 316 g/mol. The highest BCUT2D eigenvalue weighted by atomic mass is 32.1. The van der Waals surface area contributed by atoms with Gasteiger partial charge in [0.1, 0.15) is 10.8 Å². The maximum absolute atomic E-state index is 11.2. The third-order valence-electron chi connectivity index (χ3n) is 3.84. The Morgan fingerprint density at radius 2 is 1.43 bits per heavy atom. The van der Waals surface area contributed by atoms with Gasteiger partial charge in [-0.25, -0.2) is 4.79 Å². The molecule has 2 N–H and O–H groups in total. The van der Waals surface area contributed by atoms with E-state index in [4.69, 9.17) is 22.4 Å². The smallest absolute Gasteiger partial charge is 0.343 e. The lowest BCUT2D eigenvalue weighted by Gasteiger charge is -2.19. The number of aliphatic carboxylic acids is 2. The minimum Gasteiger partial charge on any atom is -0.481 e. The van der Waals surface area contributed by atoms with Crippen LogP contribution in [0.5, 0.6) is 0 Å². The fourth-order valence-corrected chi connectivity index (χ4v) is 2.85. The Hall–Kier alpha value is -0.970. The maximum atomic E-state index is 11.2. The van der Waals surface area contributed by atoms with Crippen molar-refractivity contribution in [1.29, 1.82) is 0 Å². The van der Waals surface area contributed by atoms with Gasteiger partial charge in [0.15, 0.2) is 0 Å². The number of hydrogen-bond acceptors (Lipinski definition) is 3. The molecule has 5 heteroatoms. The molecule has 0 rings (SSSR count). The highest BCUT2D eigenvalue weighted by Gasteiger charge is 2.32. The van der Waals surface area contributed by atoms with Gasteiger partial charge in [-0.3, -0.25) is 4.79 Å². The van der Waals surface area contributed by atoms with Crippen molar-refractivity contribution >= 4 is 29.0 Å². The fourth-order valence-electron chi connectivity index (χ4n) is 2.51. The molecule has 0 fully saturated rings. The van der Waals surface area contributed by atoms with E-state index in [1.807, 2.05) is 0 Å². The van der Waals surface area contributed by atoms with Crippen LogP contribution in [-0.2, 0) is 9.59 Å². The topological polar surface area (TPSA) is 74.6 Å². The molecule has 0 saturated carbocycles. The molecule has 0 aliphatic rings. The Morgan fingerprint density at radius 3 is 1.86 bits per heavy atom. The third kappa shape index (κ3) is 8.81. The molecule has 0 aliphatic carbocycles. The minimum atomic E-state index is -1.29. The second-order valence-electron chi connectivity index (χ2n) is 5.73. The lowest BCUT2D eigenvalue weighted by Crippen LogP contribution is -2.33. The largest absolute Gasteiger partial charge is 0.481 e. The van der Waals surface area contributed by atoms with Crippen LogP contribution in [0.25, 0.3) is 0 Å². The predicted octanol–water partition coefficient (Wildman–Crippen LogP) is 4.31. The van der Waals surface area contributed by atoms with Gasteiger partial charge in [-0.1, -0.05) is 77.4 Å². The van der Waals surface area contributed by atoms with Crippen LogP contribution < -0.4 is 0 Å². The van der Waals surface area contributed by atoms with Gasteiger partial charge in [0.25, 0.3) is 0 Å². The monoisotopic (exact) mass is 316 g/mol. The molecule has 4 nitrogen and oxygen atoms in total. The summed E-state index contributed by atoms with van der Waals surface area (Å²) in [5.74, 6) is -3.71. The van der Waals surface area contributed by atoms with E-state index in [0.29, 0.717) is 6.42 Å². The zero-order chi connectivity index (χ0) is 16.3. The maximum Gasteiger partial charge on any atom is 0.343 e. The second-order valence-corrected chi connectivity index (χ2v) is 6.17. The van der Waals surface area contributed by atoms with Crippen molar-refractivity contribution in [2.24, 2.45) is 11.8 Å². The van der Waals surface area contributed by atoms with Crippen LogP contribution in [0.2, 0.25) is 0 Å². The minimum absolute atomic E-state index is 0.230. The molecule has 21 heavy (non-hydrogen) atoms. The van der Waals surface area contributed by atoms with E-state index in [2.05, 4.69) is 6.92 Å². The Balaban J connectivity index is 3.94. The summed E-state index contributed by atoms with van der Waals surface area (Å²) < 4.78 is 0. The van der Waals surface area contributed by atoms with Gasteiger partial charge >= 0.3 is 11.9 Å². The van der Waals surface area contributed by atoms with Crippen molar-refractivity contribution in [2.75, 3.05) is 0 Å². The van der Waals surface area contributed by atoms with Crippen molar-refractivity contribution in [3.05, 3.63) is 0 Å². The van der Waals surface area contributed by atoms with E-state index >= 15 is 0 Å². The first kappa shape index (κ1) is 20.0. The molecule has 122 valence electrons. The van der Waals surface area contributed by atoms with Crippen molar-refractivity contribution in [3.8, 4) is 0 Å². The van der Waals surface area contributed by atoms with E-state index in [9.17, 15) is 9.59 Å². The Kier molecular flexibility index (Phi) is 11.1. The molecule has 0 aliphatic heterocycles. The molecule has 0 radical (unpaired) electrons. The standard InChI is InChI=1S/C16H28O4S/c1-3-4-5-6-7-8-9-10-11-12(2)13(15(17)18)14(21)16(19)20/h12-13H,3-11H2,1-2H3,(H,17,18)(H,19,20). The van der Waals surface area contributed by atoms with Gasteiger partial charge < -0.3 is 10.2 Å². The summed E-state index contributed by atoms with van der Waals surface area (Å²) in [6.07, 6.45) is 10.2. The quantitative estimate of drug-likeness (QED) is 0.391. The average Bonchev–Trinajstić information content (AvgIpc) is 2.41. The molecule has 2 unspecified atom stereocenters. The van der Waals surface area contributed by atoms with Gasteiger partial charge in [-0.2, -0.15) is 0 Å². The third-order valence-corrected chi connectivity index (χ3v) is 4.27. The van der Waals surface area contributed by atoms with E-state index in [0.717, 1.165) is 19.3 Å². The van der Waals surface area contributed by atoms with Gasteiger partial charge in [0.2, 0.25) is 0 Å². The second kappa shape index (κ2) is 11.7. The number of hydrogen-bond donors (Lipinski definition) is 2. The summed E-state index contributed by atoms with van der Waals surface area (Å²) in [7, 11) is 0. The number of carboxylic acids is 2. The summed E-state index contributed by atoms with van der Waals surface area (Å²) in [6.45, 7) is 3.97. The molecule has 0 saturated heterocycles. The summed E-state index contributed by atoms with van der Waals surface area (Å²) >= 11 is 4.73. The summed E-state index contributed by atoms with van der Waals surface area (Å²) in [6, 6.07) is 0. The van der Waals surface area contributed by atoms with Crippen molar-refractivity contribution < 1.29 is 19.8 Å². The van der Waals surface area contributed by atoms with Crippen LogP contribution in [0, 0.1) is 11.8 Å². The first-order chi connectivity index (χ1) is 9.91. The Bertz CT molecular complexity index is 341. The van der Waals surface area contributed by atoms with Crippen LogP contribution in [0.15, 0.2) is 0 Å². The van der Waals surface area contributed by atoms with Crippen LogP contribution >= 0.6 is 12.2 Å². The Labute approximate surface area is 132 Å². The predicted molar refractivity (Wildman–Crippen MR) is 87.8 cm³/mol. The molecule has 2 atom stereocenters. The highest BCUT2D eigenvalue weighted by Crippen LogP contribution is 2.22. The first-order valence-electron chi connectivity index (χ1n) is 7.91. The van der Waals surface area contributed by atoms with Gasteiger partial charge in [0, 0.05) is 0 Å². The normalized spacial score (nSPS) is 13.6. The first-order valence-corrected chi connectivity index (χ1v) is 8.32. The summed E-state index contributed by atoms with van der Waals surface area (Å²) in [4.78, 5) is 21.6. The number of carbonyl (C=O) groups is 2. The van der Waals surface area contributed by atoms with Crippen LogP contribution in [0.1, 0.15) is 71.6 Å². The lowest BCUT2D eigenvalue weighted by molar-refractivity contribution is -0.142. The van der Waals surface area contributed by atoms with Crippen LogP contribution in [0.4, 0.5) is 0 Å². The number of unbranched alkanes of at least 4 members (excludes halogenated alkanes) is 7. The summed E-state index contributed by atoms with van der Waals surface area (Å²) in [5.41, 5.74) is 0. The number of carboxylic acid groups (broad SMARTS) is 2. The number of rotatable bonds is 13. The Morgan fingerprint density at radius 1 is 0.952 bits per heavy atom. The van der Waals surface area contributed by atoms with Gasteiger partial charge in [-0.15, -0.1) is 0 Å². The van der Waals surface area contributed by atoms with Crippen LogP contribution in [0.3, 0.4) is 0 Å². The molecule has 0 aromatic carbocycles. The molecule has 0 aromatic rings. The molecule has 0 heterocycles. The zero-order valence-corrected chi connectivity index (χ0v) is 14.0. The van der Waals surface area contributed by atoms with Gasteiger partial charge in [0.05, 0.1) is 0 Å². The van der Waals surface area contributed by atoms with E-state index in [1.165, 1.54) is 32.1 Å². The molecular weight excluding hydrogens is 288 g/mol. The molecule has 0 spiro atoms. The molecular formula is C16H28O4S. The van der Waals surface area contributed by atoms with E-state index < -0.39 is 17.9 Å². The van der Waals surface area contributed by atoms with E-state index in [1.54, 1.807) is 6.92 Å². The van der Waals surface area contributed by atoms with E-state index in [-0.39, 0.29) is 10.8 Å². The van der Waals surface area contributed by atoms with Crippen LogP contribution in [-0.4, -0.2) is 27.0 Å². The van der Waals surface area contributed by atoms with Crippen molar-refractivity contribution in [1.82, 2.24) is 0 Å². The zero-order valence-electron chi connectivity index (χ0n) is 13.1. The molecule has 0 bridgehead atoms. The molecule has 0 aromatic heterocycles. The lowest BCUT2D eigenvalue weighted by atomic mass is 9.86. The van der Waals surface area contributed by atoms with Crippen molar-refractivity contribution in [3.63, 3.8) is 0 Å². The number of thiocarbonyl (C=S) groups is 1. The summed E-state index contributed by atoms with van der Waals surface area (Å²) in [5, 5.41) is 18.0. The van der Waals surface area contributed by atoms with Crippen molar-refractivity contribution in [2.45, 2.75) is 71.6 Å². The highest BCUT2D eigenvalue weighted by molar-refractivity contribution is 7.82. The van der Waals surface area contributed by atoms with Gasteiger partial charge in [-0.05, 0) is 12.3 Å².